The SMILES string of the molecule is CN=C(NCc1ccc(N2CC=CC2)cc1)NC1CCN(c2cccc(C)n2)CC1.I. The number of halogens is 1. The molecule has 3 heterocycles. The lowest BCUT2D eigenvalue weighted by Crippen LogP contribution is -2.48. The fraction of sp³-hybridized carbons (Fsp3) is 0.417. The van der Waals surface area contributed by atoms with Crippen LogP contribution in [0.1, 0.15) is 24.1 Å². The summed E-state index contributed by atoms with van der Waals surface area (Å²) in [5, 5.41) is 7.05. The van der Waals surface area contributed by atoms with Gasteiger partial charge in [0.2, 0.25) is 0 Å². The summed E-state index contributed by atoms with van der Waals surface area (Å²) in [6.07, 6.45) is 6.59. The number of nitrogens with zero attached hydrogens (tertiary/aromatic N) is 4. The molecule has 6 nitrogen and oxygen atoms in total. The standard InChI is InChI=1S/C24H32N6.HI/c1-19-6-5-7-23(27-19)30-16-12-21(13-17-30)28-24(25-2)26-18-20-8-10-22(11-9-20)29-14-3-4-15-29;/h3-11,21H,12-18H2,1-2H3,(H2,25,26,28);1H. The Labute approximate surface area is 202 Å². The number of guanidine groups is 1. The van der Waals surface area contributed by atoms with E-state index < -0.39 is 0 Å². The number of aromatic nitrogens is 1. The molecule has 166 valence electrons. The highest BCUT2D eigenvalue weighted by molar-refractivity contribution is 14.0. The molecule has 31 heavy (non-hydrogen) atoms. The molecule has 0 bridgehead atoms. The lowest BCUT2D eigenvalue weighted by atomic mass is 10.1. The quantitative estimate of drug-likeness (QED) is 0.266. The Kier molecular flexibility index (Phi) is 8.57. The molecular formula is C24H33IN6. The molecule has 0 saturated carbocycles. The Morgan fingerprint density at radius 3 is 2.39 bits per heavy atom. The van der Waals surface area contributed by atoms with Crippen LogP contribution in [0.15, 0.2) is 59.6 Å². The molecule has 2 aromatic rings. The van der Waals surface area contributed by atoms with E-state index in [1.807, 2.05) is 20.0 Å². The maximum Gasteiger partial charge on any atom is 0.191 e. The van der Waals surface area contributed by atoms with Crippen LogP contribution >= 0.6 is 24.0 Å². The first-order valence-electron chi connectivity index (χ1n) is 10.9. The summed E-state index contributed by atoms with van der Waals surface area (Å²) in [6.45, 7) is 6.85. The zero-order chi connectivity index (χ0) is 20.8. The maximum absolute atomic E-state index is 4.66. The van der Waals surface area contributed by atoms with E-state index in [1.165, 1.54) is 11.3 Å². The molecule has 0 aliphatic carbocycles. The molecule has 7 heteroatoms. The minimum atomic E-state index is 0. The van der Waals surface area contributed by atoms with E-state index in [0.29, 0.717) is 6.04 Å². The van der Waals surface area contributed by atoms with Gasteiger partial charge in [-0.1, -0.05) is 30.4 Å². The molecule has 2 aliphatic heterocycles. The Morgan fingerprint density at radius 1 is 1.03 bits per heavy atom. The summed E-state index contributed by atoms with van der Waals surface area (Å²) in [5.74, 6) is 1.96. The van der Waals surface area contributed by atoms with E-state index >= 15 is 0 Å². The van der Waals surface area contributed by atoms with Crippen molar-refractivity contribution in [1.29, 1.82) is 0 Å². The second kappa shape index (κ2) is 11.4. The highest BCUT2D eigenvalue weighted by atomic mass is 127. The summed E-state index contributed by atoms with van der Waals surface area (Å²) in [7, 11) is 1.84. The monoisotopic (exact) mass is 532 g/mol. The third-order valence-electron chi connectivity index (χ3n) is 5.84. The van der Waals surface area contributed by atoms with Crippen LogP contribution < -0.4 is 20.4 Å². The summed E-state index contributed by atoms with van der Waals surface area (Å²) in [4.78, 5) is 13.8. The van der Waals surface area contributed by atoms with Gasteiger partial charge >= 0.3 is 0 Å². The van der Waals surface area contributed by atoms with E-state index in [2.05, 4.69) is 79.0 Å². The molecule has 1 saturated heterocycles. The van der Waals surface area contributed by atoms with E-state index in [1.54, 1.807) is 0 Å². The Hall–Kier alpha value is -2.29. The van der Waals surface area contributed by atoms with Crippen molar-refractivity contribution in [1.82, 2.24) is 15.6 Å². The average molecular weight is 532 g/mol. The first kappa shape index (κ1) is 23.4. The normalized spacial score (nSPS) is 16.9. The smallest absolute Gasteiger partial charge is 0.191 e. The summed E-state index contributed by atoms with van der Waals surface area (Å²) < 4.78 is 0. The number of anilines is 2. The lowest BCUT2D eigenvalue weighted by Gasteiger charge is -2.34. The number of pyridine rings is 1. The van der Waals surface area contributed by atoms with Gasteiger partial charge in [-0.3, -0.25) is 4.99 Å². The molecule has 2 N–H and O–H groups in total. The molecule has 0 unspecified atom stereocenters. The topological polar surface area (TPSA) is 55.8 Å². The van der Waals surface area contributed by atoms with Crippen molar-refractivity contribution in [3.63, 3.8) is 0 Å². The molecule has 0 radical (unpaired) electrons. The van der Waals surface area contributed by atoms with Crippen LogP contribution in [0.4, 0.5) is 11.5 Å². The van der Waals surface area contributed by atoms with Crippen molar-refractivity contribution in [3.05, 3.63) is 65.9 Å². The van der Waals surface area contributed by atoms with Gasteiger partial charge in [0.15, 0.2) is 5.96 Å². The van der Waals surface area contributed by atoms with E-state index in [-0.39, 0.29) is 24.0 Å². The largest absolute Gasteiger partial charge is 0.364 e. The third-order valence-corrected chi connectivity index (χ3v) is 5.84. The van der Waals surface area contributed by atoms with E-state index in [0.717, 1.165) is 63.0 Å². The van der Waals surface area contributed by atoms with Crippen molar-refractivity contribution < 1.29 is 0 Å². The van der Waals surface area contributed by atoms with Crippen molar-refractivity contribution in [2.24, 2.45) is 4.99 Å². The summed E-state index contributed by atoms with van der Waals surface area (Å²) in [6, 6.07) is 15.5. The van der Waals surface area contributed by atoms with Crippen molar-refractivity contribution in [2.45, 2.75) is 32.4 Å². The molecular weight excluding hydrogens is 499 g/mol. The second-order valence-electron chi connectivity index (χ2n) is 8.01. The van der Waals surface area contributed by atoms with Crippen LogP contribution in [0.3, 0.4) is 0 Å². The third kappa shape index (κ3) is 6.35. The molecule has 4 rings (SSSR count). The molecule has 1 aromatic carbocycles. The van der Waals surface area contributed by atoms with Crippen LogP contribution in [-0.2, 0) is 6.54 Å². The summed E-state index contributed by atoms with van der Waals surface area (Å²) in [5.41, 5.74) is 3.61. The van der Waals surface area contributed by atoms with Crippen LogP contribution in [-0.4, -0.2) is 50.2 Å². The number of aryl methyl sites for hydroxylation is 1. The van der Waals surface area contributed by atoms with Crippen molar-refractivity contribution in [2.75, 3.05) is 43.0 Å². The fourth-order valence-electron chi connectivity index (χ4n) is 4.04. The van der Waals surface area contributed by atoms with Gasteiger partial charge in [0.25, 0.3) is 0 Å². The zero-order valence-electron chi connectivity index (χ0n) is 18.4. The number of nitrogens with one attached hydrogen (secondary N) is 2. The first-order valence-corrected chi connectivity index (χ1v) is 10.9. The number of piperidine rings is 1. The maximum atomic E-state index is 4.66. The fourth-order valence-corrected chi connectivity index (χ4v) is 4.04. The van der Waals surface area contributed by atoms with Gasteiger partial charge in [-0.2, -0.15) is 0 Å². The number of hydrogen-bond acceptors (Lipinski definition) is 4. The van der Waals surface area contributed by atoms with Crippen LogP contribution in [0, 0.1) is 6.92 Å². The number of hydrogen-bond donors (Lipinski definition) is 2. The van der Waals surface area contributed by atoms with Crippen LogP contribution in [0.2, 0.25) is 0 Å². The lowest BCUT2D eigenvalue weighted by molar-refractivity contribution is 0.459. The van der Waals surface area contributed by atoms with Gasteiger partial charge in [0.1, 0.15) is 5.82 Å². The highest BCUT2D eigenvalue weighted by Gasteiger charge is 2.21. The predicted molar refractivity (Wildman–Crippen MR) is 141 cm³/mol. The van der Waals surface area contributed by atoms with Gasteiger partial charge in [0.05, 0.1) is 0 Å². The van der Waals surface area contributed by atoms with Gasteiger partial charge < -0.3 is 20.4 Å². The summed E-state index contributed by atoms with van der Waals surface area (Å²) >= 11 is 0. The Bertz CT molecular complexity index is 879. The van der Waals surface area contributed by atoms with Crippen LogP contribution in [0.25, 0.3) is 0 Å². The average Bonchev–Trinajstić information content (AvgIpc) is 3.32. The van der Waals surface area contributed by atoms with Gasteiger partial charge in [-0.25, -0.2) is 4.98 Å². The predicted octanol–water partition coefficient (Wildman–Crippen LogP) is 3.72. The zero-order valence-corrected chi connectivity index (χ0v) is 20.8. The first-order chi connectivity index (χ1) is 14.7. The molecule has 0 spiro atoms. The van der Waals surface area contributed by atoms with Crippen molar-refractivity contribution >= 4 is 41.4 Å². The number of aliphatic imine (C=N–C) groups is 1. The van der Waals surface area contributed by atoms with E-state index in [4.69, 9.17) is 0 Å². The van der Waals surface area contributed by atoms with Gasteiger partial charge in [-0.05, 0) is 49.6 Å². The molecule has 0 amide bonds. The second-order valence-corrected chi connectivity index (χ2v) is 8.01. The minimum absolute atomic E-state index is 0. The molecule has 1 fully saturated rings. The molecule has 0 atom stereocenters. The number of benzene rings is 1. The van der Waals surface area contributed by atoms with Crippen LogP contribution in [0.5, 0.6) is 0 Å². The molecule has 1 aromatic heterocycles. The number of rotatable bonds is 5. The Balaban J connectivity index is 0.00000272. The molecule has 2 aliphatic rings. The van der Waals surface area contributed by atoms with Crippen molar-refractivity contribution in [3.8, 4) is 0 Å². The van der Waals surface area contributed by atoms with Gasteiger partial charge in [-0.15, -0.1) is 24.0 Å². The van der Waals surface area contributed by atoms with E-state index in [9.17, 15) is 0 Å². The van der Waals surface area contributed by atoms with Gasteiger partial charge in [0, 0.05) is 57.2 Å². The minimum Gasteiger partial charge on any atom is -0.364 e. The highest BCUT2D eigenvalue weighted by Crippen LogP contribution is 2.19. The Morgan fingerprint density at radius 2 is 1.74 bits per heavy atom.